The Morgan fingerprint density at radius 3 is 2.39 bits per heavy atom. The molecule has 1 aromatic carbocycles. The van der Waals surface area contributed by atoms with Gasteiger partial charge in [0, 0.05) is 24.0 Å². The van der Waals surface area contributed by atoms with E-state index in [9.17, 15) is 9.59 Å². The van der Waals surface area contributed by atoms with Gasteiger partial charge in [-0.15, -0.1) is 0 Å². The third kappa shape index (κ3) is 4.21. The summed E-state index contributed by atoms with van der Waals surface area (Å²) in [6, 6.07) is 12.3. The first-order valence-electron chi connectivity index (χ1n) is 10.4. The Labute approximate surface area is 180 Å². The Balaban J connectivity index is 1.62. The summed E-state index contributed by atoms with van der Waals surface area (Å²) >= 11 is 0. The molecule has 1 aliphatic carbocycles. The standard InChI is InChI=1S/C24H26N4O3/c1-15(2)21(19-14-20(29)27-22(26-19)16-8-12-25-13-9-16)28-23(30)24(10-11-24)17-4-6-18(31-3)7-5-17/h4-9,12-15,21H,10-11H2,1-3H3,(H,28,30)(H,26,27,29)/t21-/m1/s1. The van der Waals surface area contributed by atoms with Gasteiger partial charge in [-0.1, -0.05) is 26.0 Å². The molecule has 0 spiro atoms. The zero-order valence-corrected chi connectivity index (χ0v) is 17.9. The van der Waals surface area contributed by atoms with Crippen molar-refractivity contribution in [1.82, 2.24) is 20.3 Å². The number of carbonyl (C=O) groups excluding carboxylic acids is 1. The number of methoxy groups -OCH3 is 1. The first-order chi connectivity index (χ1) is 14.9. The number of ether oxygens (including phenoxy) is 1. The maximum absolute atomic E-state index is 13.3. The van der Waals surface area contributed by atoms with Crippen LogP contribution in [0.3, 0.4) is 0 Å². The molecule has 31 heavy (non-hydrogen) atoms. The van der Waals surface area contributed by atoms with Crippen molar-refractivity contribution in [3.8, 4) is 17.1 Å². The van der Waals surface area contributed by atoms with E-state index in [1.54, 1.807) is 31.6 Å². The van der Waals surface area contributed by atoms with Crippen LogP contribution in [0.2, 0.25) is 0 Å². The third-order valence-corrected chi connectivity index (χ3v) is 5.81. The van der Waals surface area contributed by atoms with Gasteiger partial charge in [0.15, 0.2) is 0 Å². The molecule has 1 saturated carbocycles. The first kappa shape index (κ1) is 20.8. The molecule has 4 rings (SSSR count). The number of benzene rings is 1. The molecule has 2 N–H and O–H groups in total. The lowest BCUT2D eigenvalue weighted by Gasteiger charge is -2.25. The second-order valence-corrected chi connectivity index (χ2v) is 8.26. The van der Waals surface area contributed by atoms with Gasteiger partial charge in [-0.25, -0.2) is 4.98 Å². The molecule has 160 valence electrons. The van der Waals surface area contributed by atoms with Crippen molar-refractivity contribution in [3.63, 3.8) is 0 Å². The molecule has 0 unspecified atom stereocenters. The van der Waals surface area contributed by atoms with E-state index in [0.29, 0.717) is 11.5 Å². The molecule has 0 saturated heterocycles. The van der Waals surface area contributed by atoms with Gasteiger partial charge in [0.2, 0.25) is 5.91 Å². The van der Waals surface area contributed by atoms with Crippen molar-refractivity contribution in [2.24, 2.45) is 5.92 Å². The lowest BCUT2D eigenvalue weighted by Crippen LogP contribution is -2.40. The van der Waals surface area contributed by atoms with Gasteiger partial charge < -0.3 is 15.0 Å². The van der Waals surface area contributed by atoms with E-state index in [1.165, 1.54) is 6.07 Å². The second-order valence-electron chi connectivity index (χ2n) is 8.26. The highest BCUT2D eigenvalue weighted by molar-refractivity contribution is 5.91. The van der Waals surface area contributed by atoms with E-state index in [4.69, 9.17) is 4.74 Å². The number of aromatic nitrogens is 3. The van der Waals surface area contributed by atoms with Gasteiger partial charge >= 0.3 is 0 Å². The Kier molecular flexibility index (Phi) is 5.59. The fourth-order valence-electron chi connectivity index (χ4n) is 3.83. The Morgan fingerprint density at radius 1 is 1.13 bits per heavy atom. The minimum atomic E-state index is -0.533. The van der Waals surface area contributed by atoms with E-state index in [-0.39, 0.29) is 23.4 Å². The molecule has 1 fully saturated rings. The number of nitrogens with one attached hydrogen (secondary N) is 2. The van der Waals surface area contributed by atoms with Crippen LogP contribution in [-0.2, 0) is 10.2 Å². The van der Waals surface area contributed by atoms with Crippen LogP contribution in [0.4, 0.5) is 0 Å². The summed E-state index contributed by atoms with van der Waals surface area (Å²) < 4.78 is 5.23. The molecule has 1 atom stereocenters. The summed E-state index contributed by atoms with van der Waals surface area (Å²) in [6.07, 6.45) is 4.88. The first-order valence-corrected chi connectivity index (χ1v) is 10.4. The number of hydrogen-bond donors (Lipinski definition) is 2. The summed E-state index contributed by atoms with van der Waals surface area (Å²) in [6.45, 7) is 4.01. The predicted molar refractivity (Wildman–Crippen MR) is 118 cm³/mol. The smallest absolute Gasteiger partial charge is 0.251 e. The molecule has 7 heteroatoms. The number of aromatic amines is 1. The van der Waals surface area contributed by atoms with Gasteiger partial charge in [0.1, 0.15) is 11.6 Å². The highest BCUT2D eigenvalue weighted by Gasteiger charge is 2.51. The molecule has 2 aromatic heterocycles. The maximum atomic E-state index is 13.3. The Morgan fingerprint density at radius 2 is 1.81 bits per heavy atom. The summed E-state index contributed by atoms with van der Waals surface area (Å²) in [5.74, 6) is 1.23. The summed E-state index contributed by atoms with van der Waals surface area (Å²) in [5, 5.41) is 3.17. The normalized spacial score (nSPS) is 15.4. The fraction of sp³-hybridized carbons (Fsp3) is 0.333. The minimum absolute atomic E-state index is 0.0380. The average Bonchev–Trinajstić information content (AvgIpc) is 3.59. The molecule has 3 aromatic rings. The van der Waals surface area contributed by atoms with Crippen molar-refractivity contribution in [2.75, 3.05) is 7.11 Å². The molecule has 1 aliphatic rings. The SMILES string of the molecule is COc1ccc(C2(C(=O)N[C@@H](c3cc(=O)[nH]c(-c4ccncc4)n3)C(C)C)CC2)cc1. The van der Waals surface area contributed by atoms with Crippen LogP contribution in [-0.4, -0.2) is 28.0 Å². The van der Waals surface area contributed by atoms with Crippen LogP contribution in [0, 0.1) is 5.92 Å². The predicted octanol–water partition coefficient (Wildman–Crippen LogP) is 3.39. The van der Waals surface area contributed by atoms with Crippen LogP contribution in [0.15, 0.2) is 59.7 Å². The van der Waals surface area contributed by atoms with E-state index in [1.807, 2.05) is 38.1 Å². The molecule has 2 heterocycles. The van der Waals surface area contributed by atoms with Gasteiger partial charge in [0.05, 0.1) is 24.3 Å². The largest absolute Gasteiger partial charge is 0.497 e. The van der Waals surface area contributed by atoms with Crippen LogP contribution >= 0.6 is 0 Å². The number of rotatable bonds is 7. The summed E-state index contributed by atoms with van der Waals surface area (Å²) in [7, 11) is 1.62. The Bertz CT molecular complexity index is 1120. The molecular formula is C24H26N4O3. The minimum Gasteiger partial charge on any atom is -0.497 e. The second kappa shape index (κ2) is 8.34. The molecule has 7 nitrogen and oxygen atoms in total. The monoisotopic (exact) mass is 418 g/mol. The van der Waals surface area contributed by atoms with E-state index in [0.717, 1.165) is 29.7 Å². The van der Waals surface area contributed by atoms with Crippen molar-refractivity contribution < 1.29 is 9.53 Å². The molecule has 0 bridgehead atoms. The topological polar surface area (TPSA) is 97.0 Å². The summed E-state index contributed by atoms with van der Waals surface area (Å²) in [4.78, 5) is 37.1. The zero-order valence-electron chi connectivity index (χ0n) is 17.9. The lowest BCUT2D eigenvalue weighted by molar-refractivity contribution is -0.124. The highest BCUT2D eigenvalue weighted by Crippen LogP contribution is 2.49. The number of H-pyrrole nitrogens is 1. The van der Waals surface area contributed by atoms with Gasteiger partial charge in [-0.2, -0.15) is 0 Å². The van der Waals surface area contributed by atoms with Crippen LogP contribution < -0.4 is 15.6 Å². The number of carbonyl (C=O) groups is 1. The van der Waals surface area contributed by atoms with Gasteiger partial charge in [-0.05, 0) is 48.6 Å². The quantitative estimate of drug-likeness (QED) is 0.613. The van der Waals surface area contributed by atoms with Crippen molar-refractivity contribution in [2.45, 2.75) is 38.1 Å². The molecular weight excluding hydrogens is 392 g/mol. The lowest BCUT2D eigenvalue weighted by atomic mass is 9.93. The van der Waals surface area contributed by atoms with Crippen LogP contribution in [0.25, 0.3) is 11.4 Å². The van der Waals surface area contributed by atoms with Crippen molar-refractivity contribution >= 4 is 5.91 Å². The Hall–Kier alpha value is -3.48. The highest BCUT2D eigenvalue weighted by atomic mass is 16.5. The number of hydrogen-bond acceptors (Lipinski definition) is 5. The van der Waals surface area contributed by atoms with Gasteiger partial charge in [0.25, 0.3) is 5.56 Å². The van der Waals surface area contributed by atoms with Gasteiger partial charge in [-0.3, -0.25) is 14.6 Å². The molecule has 1 amide bonds. The number of amides is 1. The van der Waals surface area contributed by atoms with E-state index in [2.05, 4.69) is 20.3 Å². The van der Waals surface area contributed by atoms with E-state index >= 15 is 0 Å². The molecule has 0 radical (unpaired) electrons. The summed E-state index contributed by atoms with van der Waals surface area (Å²) in [5.41, 5.74) is 1.50. The average molecular weight is 418 g/mol. The third-order valence-electron chi connectivity index (χ3n) is 5.81. The van der Waals surface area contributed by atoms with Crippen molar-refractivity contribution in [3.05, 3.63) is 76.5 Å². The van der Waals surface area contributed by atoms with Crippen molar-refractivity contribution in [1.29, 1.82) is 0 Å². The zero-order chi connectivity index (χ0) is 22.0. The van der Waals surface area contributed by atoms with Crippen LogP contribution in [0.1, 0.15) is 44.0 Å². The van der Waals surface area contributed by atoms with Crippen LogP contribution in [0.5, 0.6) is 5.75 Å². The number of pyridine rings is 1. The molecule has 0 aliphatic heterocycles. The van der Waals surface area contributed by atoms with E-state index < -0.39 is 5.41 Å². The fourth-order valence-corrected chi connectivity index (χ4v) is 3.83. The number of nitrogens with zero attached hydrogens (tertiary/aromatic N) is 2. The maximum Gasteiger partial charge on any atom is 0.251 e.